The summed E-state index contributed by atoms with van der Waals surface area (Å²) in [6, 6.07) is 3.69. The third-order valence-electron chi connectivity index (χ3n) is 9.16. The predicted molar refractivity (Wildman–Crippen MR) is 170 cm³/mol. The Kier molecular flexibility index (Phi) is 9.14. The van der Waals surface area contributed by atoms with Crippen molar-refractivity contribution in [2.24, 2.45) is 11.8 Å². The minimum Gasteiger partial charge on any atom is -0.369 e. The third-order valence-corrected chi connectivity index (χ3v) is 10.4. The number of likely N-dealkylation sites (tertiary alicyclic amines) is 1. The molecule has 3 aliphatic rings. The third kappa shape index (κ3) is 7.00. The molecule has 3 aromatic rings. The van der Waals surface area contributed by atoms with Crippen LogP contribution in [0.25, 0.3) is 5.65 Å². The van der Waals surface area contributed by atoms with E-state index in [0.29, 0.717) is 36.9 Å². The van der Waals surface area contributed by atoms with Gasteiger partial charge in [-0.1, -0.05) is 22.6 Å². The van der Waals surface area contributed by atoms with Gasteiger partial charge in [-0.15, -0.1) is 5.10 Å². The minimum atomic E-state index is -4.24. The first-order valence-electron chi connectivity index (χ1n) is 15.3. The molecule has 1 aliphatic carbocycles. The normalized spacial score (nSPS) is 24.5. The van der Waals surface area contributed by atoms with Crippen LogP contribution in [-0.2, 0) is 16.1 Å². The van der Waals surface area contributed by atoms with Gasteiger partial charge in [0.15, 0.2) is 5.65 Å². The number of alkyl halides is 4. The molecule has 5 heterocycles. The molecule has 12 nitrogen and oxygen atoms in total. The fraction of sp³-hybridized carbons (Fsp3) is 0.621. The van der Waals surface area contributed by atoms with E-state index in [1.807, 2.05) is 40.9 Å². The molecule has 3 aromatic heterocycles. The molecule has 2 unspecified atom stereocenters. The van der Waals surface area contributed by atoms with Crippen molar-refractivity contribution in [3.63, 3.8) is 0 Å². The number of piperidine rings is 1. The Morgan fingerprint density at radius 3 is 2.64 bits per heavy atom. The zero-order chi connectivity index (χ0) is 31.9. The lowest BCUT2D eigenvalue weighted by Crippen LogP contribution is -2.56. The summed E-state index contributed by atoms with van der Waals surface area (Å²) in [5.41, 5.74) is 2.09. The molecule has 244 valence electrons. The Balaban J connectivity index is 1.11. The minimum absolute atomic E-state index is 0.0293. The van der Waals surface area contributed by atoms with E-state index in [1.54, 1.807) is 27.8 Å². The number of rotatable bonds is 8. The summed E-state index contributed by atoms with van der Waals surface area (Å²) in [5, 5.41) is 12.1. The van der Waals surface area contributed by atoms with E-state index in [-0.39, 0.29) is 41.3 Å². The predicted octanol–water partition coefficient (Wildman–Crippen LogP) is 3.61. The highest BCUT2D eigenvalue weighted by Crippen LogP contribution is 2.46. The molecular formula is C29H38F3IN10O2. The largest absolute Gasteiger partial charge is 0.391 e. The van der Waals surface area contributed by atoms with Crippen LogP contribution in [0.3, 0.4) is 0 Å². The van der Waals surface area contributed by atoms with E-state index in [2.05, 4.69) is 43.0 Å². The molecule has 1 saturated carbocycles. The van der Waals surface area contributed by atoms with Crippen molar-refractivity contribution in [3.05, 3.63) is 30.7 Å². The molecule has 1 N–H and O–H groups in total. The number of piperazine rings is 1. The molecule has 3 fully saturated rings. The number of anilines is 3. The molecule has 2 amide bonds. The lowest BCUT2D eigenvalue weighted by molar-refractivity contribution is -0.207. The summed E-state index contributed by atoms with van der Waals surface area (Å²) in [4.78, 5) is 38.8. The smallest absolute Gasteiger partial charge is 0.369 e. The second-order valence-corrected chi connectivity index (χ2v) is 13.8. The summed E-state index contributed by atoms with van der Waals surface area (Å²) in [6.07, 6.45) is 3.27. The Bertz CT molecular complexity index is 1520. The number of likely N-dealkylation sites (N-methyl/N-ethyl adjacent to an activating group) is 2. The summed E-state index contributed by atoms with van der Waals surface area (Å²) >= 11 is 2.25. The number of hydrogen-bond acceptors (Lipinski definition) is 8. The highest BCUT2D eigenvalue weighted by Gasteiger charge is 2.52. The first kappa shape index (κ1) is 31.8. The number of nitrogens with zero attached hydrogens (tertiary/aromatic N) is 9. The molecule has 0 aromatic carbocycles. The maximum Gasteiger partial charge on any atom is 0.391 e. The van der Waals surface area contributed by atoms with Gasteiger partial charge < -0.3 is 24.9 Å². The van der Waals surface area contributed by atoms with Gasteiger partial charge in [-0.3, -0.25) is 14.3 Å². The van der Waals surface area contributed by atoms with E-state index >= 15 is 0 Å². The highest BCUT2D eigenvalue weighted by molar-refractivity contribution is 14.1. The zero-order valence-corrected chi connectivity index (χ0v) is 27.5. The lowest BCUT2D eigenvalue weighted by atomic mass is 9.73. The van der Waals surface area contributed by atoms with Crippen molar-refractivity contribution in [2.75, 3.05) is 57.0 Å². The van der Waals surface area contributed by atoms with Crippen LogP contribution in [0.4, 0.5) is 30.5 Å². The molecular weight excluding hydrogens is 704 g/mol. The van der Waals surface area contributed by atoms with Crippen LogP contribution >= 0.6 is 22.6 Å². The average molecular weight is 743 g/mol. The van der Waals surface area contributed by atoms with E-state index in [4.69, 9.17) is 4.98 Å². The number of pyridine rings is 1. The molecule has 0 bridgehead atoms. The van der Waals surface area contributed by atoms with Crippen LogP contribution in [-0.4, -0.2) is 114 Å². The van der Waals surface area contributed by atoms with Crippen molar-refractivity contribution in [2.45, 2.75) is 54.9 Å². The van der Waals surface area contributed by atoms with Crippen LogP contribution < -0.4 is 10.2 Å². The van der Waals surface area contributed by atoms with Gasteiger partial charge in [-0.2, -0.15) is 23.3 Å². The van der Waals surface area contributed by atoms with E-state index in [0.717, 1.165) is 38.0 Å². The maximum absolute atomic E-state index is 13.4. The van der Waals surface area contributed by atoms with E-state index in [1.165, 1.54) is 0 Å². The van der Waals surface area contributed by atoms with Crippen molar-refractivity contribution in [3.8, 4) is 0 Å². The molecule has 6 rings (SSSR count). The second kappa shape index (κ2) is 12.9. The van der Waals surface area contributed by atoms with Gasteiger partial charge in [0.05, 0.1) is 33.6 Å². The SMILES string of the molecule is CN1CCN(C(=O)Cn2cc(Nc3nc4c(N(C)CC5CCCC(I)N5C(=O)[C@H]5C[C@H](C(F)(F)F)C5)cccn4n3)cn2)CC1. The Morgan fingerprint density at radius 2 is 1.91 bits per heavy atom. The number of carbonyl (C=O) groups is 2. The molecule has 2 atom stereocenters. The first-order chi connectivity index (χ1) is 21.5. The lowest BCUT2D eigenvalue weighted by Gasteiger charge is -2.46. The van der Waals surface area contributed by atoms with Crippen LogP contribution in [0.15, 0.2) is 30.7 Å². The van der Waals surface area contributed by atoms with Gasteiger partial charge in [-0.05, 0) is 51.3 Å². The Morgan fingerprint density at radius 1 is 1.16 bits per heavy atom. The van der Waals surface area contributed by atoms with Gasteiger partial charge in [0.2, 0.25) is 17.8 Å². The summed E-state index contributed by atoms with van der Waals surface area (Å²) in [7, 11) is 3.98. The fourth-order valence-electron chi connectivity index (χ4n) is 6.42. The first-order valence-corrected chi connectivity index (χ1v) is 16.6. The molecule has 0 radical (unpaired) electrons. The Hall–Kier alpha value is -3.15. The van der Waals surface area contributed by atoms with E-state index < -0.39 is 18.0 Å². The number of amides is 2. The van der Waals surface area contributed by atoms with Crippen molar-refractivity contribution in [1.29, 1.82) is 0 Å². The highest BCUT2D eigenvalue weighted by atomic mass is 127. The Labute approximate surface area is 273 Å². The summed E-state index contributed by atoms with van der Waals surface area (Å²) in [5.74, 6) is -1.71. The van der Waals surface area contributed by atoms with Gasteiger partial charge in [0.1, 0.15) is 6.54 Å². The number of hydrogen-bond donors (Lipinski definition) is 1. The number of carbonyl (C=O) groups excluding carboxylic acids is 2. The number of nitrogens with one attached hydrogen (secondary N) is 1. The second-order valence-electron chi connectivity index (χ2n) is 12.4. The summed E-state index contributed by atoms with van der Waals surface area (Å²) < 4.78 is 42.5. The monoisotopic (exact) mass is 742 g/mol. The van der Waals surface area contributed by atoms with Crippen molar-refractivity contribution in [1.82, 2.24) is 39.1 Å². The quantitative estimate of drug-likeness (QED) is 0.212. The zero-order valence-electron chi connectivity index (χ0n) is 25.3. The van der Waals surface area contributed by atoms with Gasteiger partial charge in [-0.25, -0.2) is 4.52 Å². The summed E-state index contributed by atoms with van der Waals surface area (Å²) in [6.45, 7) is 3.80. The van der Waals surface area contributed by atoms with Crippen molar-refractivity contribution >= 4 is 57.4 Å². The van der Waals surface area contributed by atoms with Crippen LogP contribution in [0, 0.1) is 11.8 Å². The molecule has 2 saturated heterocycles. The number of fused-ring (bicyclic) bond motifs is 1. The van der Waals surface area contributed by atoms with Gasteiger partial charge in [0.25, 0.3) is 0 Å². The van der Waals surface area contributed by atoms with Gasteiger partial charge >= 0.3 is 6.18 Å². The molecule has 16 heteroatoms. The van der Waals surface area contributed by atoms with Gasteiger partial charge in [0, 0.05) is 58.1 Å². The van der Waals surface area contributed by atoms with E-state index in [9.17, 15) is 22.8 Å². The number of halogens is 4. The molecule has 0 spiro atoms. The standard InChI is InChI=1S/C29H38F3IN10O2/c1-38-9-11-40(12-10-38)25(44)18-41-16-21(15-34-41)35-28-36-26-23(6-4-8-42(26)37-28)39(2)17-22-5-3-7-24(33)43(22)27(45)19-13-20(14-19)29(30,31)32/h4,6,8,15-16,19-20,22,24H,3,5,7,9-14,17-18H2,1-2H3,(H,35,37)/t19-,20-,22?,24?. The van der Waals surface area contributed by atoms with Crippen LogP contribution in [0.2, 0.25) is 0 Å². The maximum atomic E-state index is 13.4. The average Bonchev–Trinajstić information content (AvgIpc) is 3.57. The van der Waals surface area contributed by atoms with Crippen molar-refractivity contribution < 1.29 is 22.8 Å². The van der Waals surface area contributed by atoms with Crippen LogP contribution in [0.1, 0.15) is 32.1 Å². The van der Waals surface area contributed by atoms with Crippen LogP contribution in [0.5, 0.6) is 0 Å². The fourth-order valence-corrected chi connectivity index (χ4v) is 7.59. The molecule has 2 aliphatic heterocycles. The topological polar surface area (TPSA) is 107 Å². The number of aromatic nitrogens is 5. The molecule has 45 heavy (non-hydrogen) atoms.